The highest BCUT2D eigenvalue weighted by Gasteiger charge is 2.26. The van der Waals surface area contributed by atoms with Gasteiger partial charge in [-0.15, -0.1) is 11.3 Å². The number of rotatable bonds is 6. The Morgan fingerprint density at radius 3 is 2.45 bits per heavy atom. The number of nitrogens with zero attached hydrogens (tertiary/aromatic N) is 3. The van der Waals surface area contributed by atoms with Crippen molar-refractivity contribution in [3.8, 4) is 11.3 Å². The van der Waals surface area contributed by atoms with Crippen LogP contribution in [0.5, 0.6) is 0 Å². The molecule has 0 aliphatic carbocycles. The van der Waals surface area contributed by atoms with Crippen LogP contribution in [-0.4, -0.2) is 33.8 Å². The van der Waals surface area contributed by atoms with Gasteiger partial charge in [0.2, 0.25) is 0 Å². The highest BCUT2D eigenvalue weighted by Crippen LogP contribution is 2.32. The van der Waals surface area contributed by atoms with Gasteiger partial charge in [0.15, 0.2) is 11.7 Å². The molecular formula is C25H26N4O3S. The Morgan fingerprint density at radius 1 is 1.12 bits per heavy atom. The second-order valence-corrected chi connectivity index (χ2v) is 9.60. The Kier molecular flexibility index (Phi) is 6.29. The van der Waals surface area contributed by atoms with E-state index in [-0.39, 0.29) is 6.04 Å². The SMILES string of the molecule is COC(=O)C(NC(=O)c1cc(-c2cc(C)sc2C)nc2c1cnn2C(C)C)c1ccccc1. The van der Waals surface area contributed by atoms with Crippen LogP contribution in [0.1, 0.15) is 51.6 Å². The first kappa shape index (κ1) is 22.7. The van der Waals surface area contributed by atoms with E-state index in [1.165, 1.54) is 12.0 Å². The van der Waals surface area contributed by atoms with Crippen LogP contribution in [0.2, 0.25) is 0 Å². The van der Waals surface area contributed by atoms with Crippen molar-refractivity contribution in [1.29, 1.82) is 0 Å². The molecule has 0 radical (unpaired) electrons. The molecule has 1 atom stereocenters. The average Bonchev–Trinajstić information content (AvgIpc) is 3.39. The number of hydrogen-bond acceptors (Lipinski definition) is 6. The number of benzene rings is 1. The van der Waals surface area contributed by atoms with Crippen LogP contribution in [0, 0.1) is 13.8 Å². The van der Waals surface area contributed by atoms with E-state index in [1.54, 1.807) is 40.4 Å². The quantitative estimate of drug-likeness (QED) is 0.408. The number of thiophene rings is 1. The molecule has 0 aliphatic rings. The number of amides is 1. The number of carbonyl (C=O) groups excluding carboxylic acids is 2. The number of carbonyl (C=O) groups is 2. The molecule has 3 heterocycles. The molecule has 1 unspecified atom stereocenters. The summed E-state index contributed by atoms with van der Waals surface area (Å²) in [6.07, 6.45) is 1.66. The standard InChI is InChI=1S/C25H26N4O3S/c1-14(2)29-23-20(13-26-29)19(12-21(27-23)18-11-15(3)33-16(18)4)24(30)28-22(25(31)32-5)17-9-7-6-8-10-17/h6-14,22H,1-5H3,(H,28,30). The lowest BCUT2D eigenvalue weighted by Crippen LogP contribution is -2.34. The summed E-state index contributed by atoms with van der Waals surface area (Å²) in [7, 11) is 1.31. The molecule has 0 bridgehead atoms. The van der Waals surface area contributed by atoms with Crippen LogP contribution in [0.25, 0.3) is 22.3 Å². The van der Waals surface area contributed by atoms with E-state index in [9.17, 15) is 9.59 Å². The van der Waals surface area contributed by atoms with Crippen molar-refractivity contribution in [2.45, 2.75) is 39.8 Å². The summed E-state index contributed by atoms with van der Waals surface area (Å²) in [5, 5.41) is 7.96. The van der Waals surface area contributed by atoms with Gasteiger partial charge in [-0.25, -0.2) is 14.5 Å². The van der Waals surface area contributed by atoms with Gasteiger partial charge in [0.1, 0.15) is 0 Å². The Labute approximate surface area is 196 Å². The van der Waals surface area contributed by atoms with Gasteiger partial charge in [-0.2, -0.15) is 5.10 Å². The van der Waals surface area contributed by atoms with Crippen molar-refractivity contribution in [3.63, 3.8) is 0 Å². The third-order valence-electron chi connectivity index (χ3n) is 5.46. The van der Waals surface area contributed by atoms with Crippen LogP contribution in [0.3, 0.4) is 0 Å². The maximum atomic E-state index is 13.5. The van der Waals surface area contributed by atoms with Gasteiger partial charge in [-0.3, -0.25) is 4.79 Å². The third kappa shape index (κ3) is 4.39. The highest BCUT2D eigenvalue weighted by molar-refractivity contribution is 7.12. The molecule has 0 spiro atoms. The molecular weight excluding hydrogens is 436 g/mol. The second kappa shape index (κ2) is 9.15. The van der Waals surface area contributed by atoms with Gasteiger partial charge in [0.25, 0.3) is 5.91 Å². The predicted molar refractivity (Wildman–Crippen MR) is 129 cm³/mol. The molecule has 1 aromatic carbocycles. The molecule has 0 fully saturated rings. The van der Waals surface area contributed by atoms with Crippen LogP contribution in [-0.2, 0) is 9.53 Å². The fourth-order valence-electron chi connectivity index (χ4n) is 3.86. The Bertz CT molecular complexity index is 1320. The molecule has 4 aromatic rings. The lowest BCUT2D eigenvalue weighted by Gasteiger charge is -2.17. The normalized spacial score (nSPS) is 12.2. The lowest BCUT2D eigenvalue weighted by molar-refractivity contribution is -0.143. The zero-order chi connectivity index (χ0) is 23.7. The maximum absolute atomic E-state index is 13.5. The van der Waals surface area contributed by atoms with Crippen molar-refractivity contribution < 1.29 is 14.3 Å². The Balaban J connectivity index is 1.84. The number of nitrogens with one attached hydrogen (secondary N) is 1. The Morgan fingerprint density at radius 2 is 1.85 bits per heavy atom. The molecule has 1 N–H and O–H groups in total. The smallest absolute Gasteiger partial charge is 0.333 e. The van der Waals surface area contributed by atoms with E-state index in [1.807, 2.05) is 45.9 Å². The average molecular weight is 463 g/mol. The minimum Gasteiger partial charge on any atom is -0.467 e. The van der Waals surface area contributed by atoms with Crippen molar-refractivity contribution in [2.24, 2.45) is 0 Å². The van der Waals surface area contributed by atoms with Crippen molar-refractivity contribution >= 4 is 34.2 Å². The van der Waals surface area contributed by atoms with Gasteiger partial charge in [0, 0.05) is 21.4 Å². The van der Waals surface area contributed by atoms with Crippen molar-refractivity contribution in [3.05, 3.63) is 69.5 Å². The fraction of sp³-hybridized carbons (Fsp3) is 0.280. The summed E-state index contributed by atoms with van der Waals surface area (Å²) >= 11 is 1.69. The number of aromatic nitrogens is 3. The fourth-order valence-corrected chi connectivity index (χ4v) is 4.79. The molecule has 4 rings (SSSR count). The summed E-state index contributed by atoms with van der Waals surface area (Å²) in [4.78, 5) is 33.2. The van der Waals surface area contributed by atoms with Gasteiger partial charge >= 0.3 is 5.97 Å². The van der Waals surface area contributed by atoms with E-state index in [0.717, 1.165) is 10.4 Å². The molecule has 170 valence electrons. The Hall–Kier alpha value is -3.52. The third-order valence-corrected chi connectivity index (χ3v) is 6.43. The number of ether oxygens (including phenoxy) is 1. The minimum atomic E-state index is -0.930. The summed E-state index contributed by atoms with van der Waals surface area (Å²) < 4.78 is 6.76. The number of pyridine rings is 1. The number of fused-ring (bicyclic) bond motifs is 1. The first-order valence-corrected chi connectivity index (χ1v) is 11.5. The molecule has 0 aliphatic heterocycles. The van der Waals surface area contributed by atoms with E-state index in [4.69, 9.17) is 9.72 Å². The first-order valence-electron chi connectivity index (χ1n) is 10.7. The van der Waals surface area contributed by atoms with Crippen molar-refractivity contribution in [2.75, 3.05) is 7.11 Å². The van der Waals surface area contributed by atoms with Gasteiger partial charge in [0.05, 0.1) is 30.0 Å². The zero-order valence-corrected chi connectivity index (χ0v) is 20.1. The van der Waals surface area contributed by atoms with Gasteiger partial charge < -0.3 is 10.1 Å². The highest BCUT2D eigenvalue weighted by atomic mass is 32.1. The van der Waals surface area contributed by atoms with Crippen LogP contribution in [0.15, 0.2) is 48.7 Å². The predicted octanol–water partition coefficient (Wildman–Crippen LogP) is 5.00. The molecule has 3 aromatic heterocycles. The lowest BCUT2D eigenvalue weighted by atomic mass is 10.0. The molecule has 0 saturated heterocycles. The summed E-state index contributed by atoms with van der Waals surface area (Å²) in [6.45, 7) is 8.12. The summed E-state index contributed by atoms with van der Waals surface area (Å²) in [5.74, 6) is -0.932. The van der Waals surface area contributed by atoms with E-state index in [2.05, 4.69) is 16.5 Å². The van der Waals surface area contributed by atoms with Crippen molar-refractivity contribution in [1.82, 2.24) is 20.1 Å². The molecule has 1 amide bonds. The minimum absolute atomic E-state index is 0.0682. The molecule has 33 heavy (non-hydrogen) atoms. The monoisotopic (exact) mass is 462 g/mol. The zero-order valence-electron chi connectivity index (χ0n) is 19.2. The largest absolute Gasteiger partial charge is 0.467 e. The number of methoxy groups -OCH3 is 1. The summed E-state index contributed by atoms with van der Waals surface area (Å²) in [5.41, 5.74) is 3.37. The topological polar surface area (TPSA) is 86.1 Å². The maximum Gasteiger partial charge on any atom is 0.333 e. The number of aryl methyl sites for hydroxylation is 2. The first-order chi connectivity index (χ1) is 15.8. The van der Waals surface area contributed by atoms with Gasteiger partial charge in [-0.1, -0.05) is 30.3 Å². The molecule has 8 heteroatoms. The molecule has 7 nitrogen and oxygen atoms in total. The van der Waals surface area contributed by atoms with Crippen LogP contribution >= 0.6 is 11.3 Å². The van der Waals surface area contributed by atoms with Crippen LogP contribution < -0.4 is 5.32 Å². The van der Waals surface area contributed by atoms with E-state index in [0.29, 0.717) is 27.9 Å². The summed E-state index contributed by atoms with van der Waals surface area (Å²) in [6, 6.07) is 12.0. The van der Waals surface area contributed by atoms with Crippen LogP contribution in [0.4, 0.5) is 0 Å². The number of esters is 1. The van der Waals surface area contributed by atoms with E-state index < -0.39 is 17.9 Å². The number of hydrogen-bond donors (Lipinski definition) is 1. The molecule has 0 saturated carbocycles. The van der Waals surface area contributed by atoms with E-state index >= 15 is 0 Å². The second-order valence-electron chi connectivity index (χ2n) is 8.14. The van der Waals surface area contributed by atoms with Gasteiger partial charge in [-0.05, 0) is 45.4 Å².